The number of hydrogen-bond donors (Lipinski definition) is 0. The Morgan fingerprint density at radius 2 is 1.06 bits per heavy atom. The fourth-order valence-corrected chi connectivity index (χ4v) is 8.53. The molecule has 2 heterocycles. The second-order valence-electron chi connectivity index (χ2n) is 10.1. The highest BCUT2D eigenvalue weighted by Crippen LogP contribution is 2.46. The zero-order valence-corrected chi connectivity index (χ0v) is 25.5. The summed E-state index contributed by atoms with van der Waals surface area (Å²) in [7, 11) is -16.8. The number of allylic oxidation sites excluding steroid dienone is 2. The van der Waals surface area contributed by atoms with Crippen LogP contribution in [0.4, 0.5) is 0 Å². The molecule has 0 spiro atoms. The third kappa shape index (κ3) is 7.24. The van der Waals surface area contributed by atoms with Gasteiger partial charge in [-0.2, -0.15) is 0 Å². The normalized spacial score (nSPS) is 19.1. The van der Waals surface area contributed by atoms with E-state index in [4.69, 9.17) is 9.47 Å². The molecule has 0 N–H and O–H groups in total. The Morgan fingerprint density at radius 3 is 1.31 bits per heavy atom. The van der Waals surface area contributed by atoms with Gasteiger partial charge >= 0.3 is 0 Å². The molecule has 2 aliphatic heterocycles. The number of hydrogen-bond acceptors (Lipinski definition) is 8. The molecule has 2 rings (SSSR count). The van der Waals surface area contributed by atoms with Crippen molar-refractivity contribution < 1.29 is 34.7 Å². The van der Waals surface area contributed by atoms with E-state index < -0.39 is 65.3 Å². The molecule has 0 unspecified atom stereocenters. The molecule has 8 nitrogen and oxygen atoms in total. The fourth-order valence-electron chi connectivity index (χ4n) is 2.91. The standard InChI is InChI=1S/C22H30O8S3Si2/c1-31(23,24)17(11-9-15-34(3,4)5)21-19-20(30-14-13-29-19)22(33(21,27)28)18(32(2,25)26)12-10-16-35(6,7)8/h11-12H,13-14H2,1-8H3/b17-11-,18-12-. The summed E-state index contributed by atoms with van der Waals surface area (Å²) >= 11 is 0. The Labute approximate surface area is 210 Å². The van der Waals surface area contributed by atoms with Crippen molar-refractivity contribution in [2.75, 3.05) is 25.7 Å². The third-order valence-electron chi connectivity index (χ3n) is 4.28. The number of ether oxygens (including phenoxy) is 2. The van der Waals surface area contributed by atoms with E-state index in [0.29, 0.717) is 0 Å². The Bertz CT molecular complexity index is 1390. The van der Waals surface area contributed by atoms with Gasteiger partial charge in [-0.15, -0.1) is 11.1 Å². The summed E-state index contributed by atoms with van der Waals surface area (Å²) in [5.74, 6) is 4.66. The lowest BCUT2D eigenvalue weighted by atomic mass is 10.3. The average Bonchev–Trinajstić information content (AvgIpc) is 2.85. The van der Waals surface area contributed by atoms with E-state index in [9.17, 15) is 25.3 Å². The smallest absolute Gasteiger partial charge is 0.216 e. The summed E-state index contributed by atoms with van der Waals surface area (Å²) in [6, 6.07) is 0. The highest BCUT2D eigenvalue weighted by molar-refractivity contribution is 8.04. The van der Waals surface area contributed by atoms with E-state index in [1.165, 1.54) is 0 Å². The monoisotopic (exact) mass is 574 g/mol. The van der Waals surface area contributed by atoms with Gasteiger partial charge in [0.1, 0.15) is 39.2 Å². The van der Waals surface area contributed by atoms with Crippen LogP contribution in [0.2, 0.25) is 39.3 Å². The summed E-state index contributed by atoms with van der Waals surface area (Å²) in [5, 5.41) is 0. The molecule has 1 fully saturated rings. The van der Waals surface area contributed by atoms with Gasteiger partial charge in [0.25, 0.3) is 0 Å². The molecule has 35 heavy (non-hydrogen) atoms. The van der Waals surface area contributed by atoms with Crippen LogP contribution in [0.15, 0.2) is 43.3 Å². The largest absolute Gasteiger partial charge is 0.485 e. The third-order valence-corrected chi connectivity index (χ3v) is 10.5. The van der Waals surface area contributed by atoms with E-state index in [-0.39, 0.29) is 24.7 Å². The molecule has 0 bridgehead atoms. The minimum Gasteiger partial charge on any atom is -0.485 e. The topological polar surface area (TPSA) is 121 Å². The van der Waals surface area contributed by atoms with Crippen LogP contribution < -0.4 is 0 Å². The first-order valence-corrected chi connectivity index (χ1v) is 22.8. The maximum Gasteiger partial charge on any atom is 0.216 e. The molecule has 13 heteroatoms. The Kier molecular flexibility index (Phi) is 8.16. The molecule has 0 amide bonds. The van der Waals surface area contributed by atoms with Crippen LogP contribution >= 0.6 is 0 Å². The van der Waals surface area contributed by atoms with Gasteiger partial charge in [-0.25, -0.2) is 25.3 Å². The lowest BCUT2D eigenvalue weighted by Crippen LogP contribution is -2.17. The molecule has 0 saturated carbocycles. The van der Waals surface area contributed by atoms with E-state index in [1.54, 1.807) is 0 Å². The van der Waals surface area contributed by atoms with E-state index >= 15 is 0 Å². The van der Waals surface area contributed by atoms with Crippen molar-refractivity contribution in [3.63, 3.8) is 0 Å². The fraction of sp³-hybridized carbons (Fsp3) is 0.455. The van der Waals surface area contributed by atoms with Crippen LogP contribution in [0.3, 0.4) is 0 Å². The first kappa shape index (κ1) is 29.2. The van der Waals surface area contributed by atoms with Gasteiger partial charge in [-0.1, -0.05) is 51.1 Å². The van der Waals surface area contributed by atoms with Crippen LogP contribution in [0.1, 0.15) is 0 Å². The van der Waals surface area contributed by atoms with Crippen LogP contribution in [0, 0.1) is 22.9 Å². The molecule has 0 radical (unpaired) electrons. The summed E-state index contributed by atoms with van der Waals surface area (Å²) < 4.78 is 89.5. The Hall–Kier alpha value is -2.04. The van der Waals surface area contributed by atoms with Crippen LogP contribution in [0.25, 0.3) is 0 Å². The molecular weight excluding hydrogens is 545 g/mol. The van der Waals surface area contributed by atoms with E-state index in [2.05, 4.69) is 22.9 Å². The molecule has 0 aromatic rings. The molecule has 192 valence electrons. The molecule has 0 aromatic heterocycles. The molecule has 0 aliphatic carbocycles. The van der Waals surface area contributed by atoms with Crippen LogP contribution in [-0.4, -0.2) is 67.1 Å². The second-order valence-corrected chi connectivity index (χ2v) is 25.4. The molecule has 0 atom stereocenters. The lowest BCUT2D eigenvalue weighted by molar-refractivity contribution is 0.0596. The molecule has 0 aromatic carbocycles. The number of sulfone groups is 3. The maximum absolute atomic E-state index is 13.8. The number of fused-ring (bicyclic) bond motifs is 1. The van der Waals surface area contributed by atoms with E-state index in [1.807, 2.05) is 39.3 Å². The van der Waals surface area contributed by atoms with Gasteiger partial charge in [-0.3, -0.25) is 0 Å². The predicted molar refractivity (Wildman–Crippen MR) is 143 cm³/mol. The van der Waals surface area contributed by atoms with Gasteiger partial charge in [0.15, 0.2) is 31.2 Å². The quantitative estimate of drug-likeness (QED) is 0.371. The SMILES string of the molecule is C[Si](C)(C)C#C/C=C(/C1=C2OCCOC2=C(/C(=C/C#C[Si](C)(C)C)S(C)(=O)=O)S1(=O)=O)S(C)(=O)=O. The van der Waals surface area contributed by atoms with Crippen molar-refractivity contribution in [3.05, 3.63) is 43.3 Å². The van der Waals surface area contributed by atoms with E-state index in [0.717, 1.165) is 24.7 Å². The van der Waals surface area contributed by atoms with Crippen molar-refractivity contribution in [1.82, 2.24) is 0 Å². The van der Waals surface area contributed by atoms with Crippen LogP contribution in [-0.2, 0) is 39.0 Å². The number of rotatable bonds is 4. The first-order chi connectivity index (χ1) is 15.7. The predicted octanol–water partition coefficient (Wildman–Crippen LogP) is 2.50. The van der Waals surface area contributed by atoms with Gasteiger partial charge in [0.2, 0.25) is 9.84 Å². The zero-order chi connectivity index (χ0) is 27.0. The maximum atomic E-state index is 13.8. The van der Waals surface area contributed by atoms with Gasteiger partial charge < -0.3 is 9.47 Å². The average molecular weight is 575 g/mol. The van der Waals surface area contributed by atoms with Crippen LogP contribution in [0.5, 0.6) is 0 Å². The molecular formula is C22H30O8S3Si2. The first-order valence-electron chi connectivity index (χ1n) is 10.5. The van der Waals surface area contributed by atoms with Gasteiger partial charge in [0, 0.05) is 24.7 Å². The molecule has 1 saturated heterocycles. The zero-order valence-electron chi connectivity index (χ0n) is 21.1. The summed E-state index contributed by atoms with van der Waals surface area (Å²) in [6.07, 6.45) is 3.76. The van der Waals surface area contributed by atoms with Crippen molar-refractivity contribution in [3.8, 4) is 22.9 Å². The Balaban J connectivity index is 2.92. The summed E-state index contributed by atoms with van der Waals surface area (Å²) in [5.41, 5.74) is 5.94. The second kappa shape index (κ2) is 9.78. The minimum absolute atomic E-state index is 0.0455. The van der Waals surface area contributed by atoms with Crippen molar-refractivity contribution >= 4 is 45.7 Å². The lowest BCUT2D eigenvalue weighted by Gasteiger charge is -2.19. The van der Waals surface area contributed by atoms with Gasteiger partial charge in [0.05, 0.1) is 9.81 Å². The van der Waals surface area contributed by atoms with Gasteiger partial charge in [-0.05, 0) is 0 Å². The van der Waals surface area contributed by atoms with Crippen molar-refractivity contribution in [1.29, 1.82) is 0 Å². The summed E-state index contributed by atoms with van der Waals surface area (Å²) in [6.45, 7) is 11.6. The van der Waals surface area contributed by atoms with Crippen molar-refractivity contribution in [2.45, 2.75) is 39.3 Å². The van der Waals surface area contributed by atoms with Crippen molar-refractivity contribution in [2.24, 2.45) is 0 Å². The highest BCUT2D eigenvalue weighted by atomic mass is 32.2. The highest BCUT2D eigenvalue weighted by Gasteiger charge is 2.49. The minimum atomic E-state index is -4.71. The summed E-state index contributed by atoms with van der Waals surface area (Å²) in [4.78, 5) is -2.53. The Morgan fingerprint density at radius 1 is 0.743 bits per heavy atom. The molecule has 2 aliphatic rings.